The predicted molar refractivity (Wildman–Crippen MR) is 83.9 cm³/mol. The van der Waals surface area contributed by atoms with Gasteiger partial charge in [0.25, 0.3) is 0 Å². The summed E-state index contributed by atoms with van der Waals surface area (Å²) in [5.41, 5.74) is 8.20. The van der Waals surface area contributed by atoms with E-state index in [1.165, 1.54) is 5.56 Å². The highest BCUT2D eigenvalue weighted by molar-refractivity contribution is 7.15. The molecule has 1 aromatic carbocycles. The second kappa shape index (κ2) is 5.05. The Morgan fingerprint density at radius 3 is 3.14 bits per heavy atom. The van der Waals surface area contributed by atoms with E-state index in [4.69, 9.17) is 15.5 Å². The highest BCUT2D eigenvalue weighted by Gasteiger charge is 2.21. The van der Waals surface area contributed by atoms with Gasteiger partial charge in [0.05, 0.1) is 12.2 Å². The van der Waals surface area contributed by atoms with Gasteiger partial charge in [-0.25, -0.2) is 4.98 Å². The van der Waals surface area contributed by atoms with Gasteiger partial charge >= 0.3 is 0 Å². The van der Waals surface area contributed by atoms with Crippen molar-refractivity contribution in [2.45, 2.75) is 13.1 Å². The predicted octanol–water partition coefficient (Wildman–Crippen LogP) is 2.25. The first-order chi connectivity index (χ1) is 10.4. The Morgan fingerprint density at radius 1 is 1.33 bits per heavy atom. The molecule has 0 fully saturated rings. The van der Waals surface area contributed by atoms with E-state index in [2.05, 4.69) is 15.4 Å². The first kappa shape index (κ1) is 12.7. The smallest absolute Gasteiger partial charge is 0.195 e. The lowest BCUT2D eigenvalue weighted by molar-refractivity contribution is 0.331. The number of hydrogen-bond acceptors (Lipinski definition) is 5. The topological polar surface area (TPSA) is 55.8 Å². The summed E-state index contributed by atoms with van der Waals surface area (Å²) in [4.78, 5) is 8.00. The van der Waals surface area contributed by atoms with Crippen LogP contribution < -0.4 is 15.4 Å². The van der Waals surface area contributed by atoms with Gasteiger partial charge in [0, 0.05) is 30.2 Å². The molecule has 6 heteroatoms. The van der Waals surface area contributed by atoms with Crippen LogP contribution in [0.1, 0.15) is 11.3 Å². The van der Waals surface area contributed by atoms with Crippen molar-refractivity contribution in [3.05, 3.63) is 47.1 Å². The van der Waals surface area contributed by atoms with Crippen LogP contribution in [0.5, 0.6) is 5.75 Å². The first-order valence-corrected chi connectivity index (χ1v) is 7.85. The van der Waals surface area contributed by atoms with Gasteiger partial charge in [-0.2, -0.15) is 0 Å². The molecule has 0 atom stereocenters. The average molecular weight is 300 g/mol. The third kappa shape index (κ3) is 2.07. The van der Waals surface area contributed by atoms with Crippen molar-refractivity contribution in [2.24, 2.45) is 5.73 Å². The van der Waals surface area contributed by atoms with Crippen LogP contribution in [0.15, 0.2) is 35.8 Å². The maximum atomic E-state index is 5.95. The van der Waals surface area contributed by atoms with Gasteiger partial charge in [-0.3, -0.25) is 4.40 Å². The fourth-order valence-electron chi connectivity index (χ4n) is 2.77. The maximum absolute atomic E-state index is 5.95. The van der Waals surface area contributed by atoms with Crippen LogP contribution >= 0.6 is 11.3 Å². The molecule has 21 heavy (non-hydrogen) atoms. The number of hydrogen-bond donors (Lipinski definition) is 1. The van der Waals surface area contributed by atoms with Gasteiger partial charge in [0.2, 0.25) is 0 Å². The van der Waals surface area contributed by atoms with Crippen LogP contribution in [0, 0.1) is 0 Å². The number of ether oxygens (including phenoxy) is 1. The van der Waals surface area contributed by atoms with Gasteiger partial charge in [0.15, 0.2) is 10.8 Å². The molecule has 0 unspecified atom stereocenters. The zero-order chi connectivity index (χ0) is 14.2. The molecule has 0 aliphatic carbocycles. The van der Waals surface area contributed by atoms with Crippen LogP contribution in [-0.4, -0.2) is 22.5 Å². The molecule has 0 amide bonds. The Bertz CT molecular complexity index is 779. The van der Waals surface area contributed by atoms with Gasteiger partial charge in [-0.1, -0.05) is 18.2 Å². The molecule has 108 valence electrons. The summed E-state index contributed by atoms with van der Waals surface area (Å²) in [5.74, 6) is 1.94. The number of para-hydroxylation sites is 1. The molecule has 3 aromatic rings. The number of benzene rings is 1. The zero-order valence-electron chi connectivity index (χ0n) is 11.5. The van der Waals surface area contributed by atoms with Crippen LogP contribution in [0.4, 0.5) is 5.82 Å². The quantitative estimate of drug-likeness (QED) is 0.788. The van der Waals surface area contributed by atoms with E-state index < -0.39 is 0 Å². The lowest BCUT2D eigenvalue weighted by atomic mass is 10.2. The number of nitrogens with two attached hydrogens (primary N) is 1. The van der Waals surface area contributed by atoms with Gasteiger partial charge in [0.1, 0.15) is 12.4 Å². The van der Waals surface area contributed by atoms with Crippen molar-refractivity contribution in [1.29, 1.82) is 0 Å². The van der Waals surface area contributed by atoms with E-state index in [0.717, 1.165) is 35.3 Å². The van der Waals surface area contributed by atoms with Crippen LogP contribution in [0.25, 0.3) is 4.96 Å². The molecule has 3 heterocycles. The Morgan fingerprint density at radius 2 is 2.24 bits per heavy atom. The molecular formula is C15H16N4OS. The zero-order valence-corrected chi connectivity index (χ0v) is 12.3. The lowest BCUT2D eigenvalue weighted by Crippen LogP contribution is -2.27. The van der Waals surface area contributed by atoms with E-state index in [1.54, 1.807) is 11.3 Å². The molecule has 4 rings (SSSR count). The third-order valence-corrected chi connectivity index (χ3v) is 4.54. The first-order valence-electron chi connectivity index (χ1n) is 6.97. The molecule has 1 aliphatic rings. The standard InChI is InChI=1S/C15H16N4OS/c16-9-12-14(17-15-19(12)6-8-21-15)18-5-7-20-13-4-2-1-3-11(13)10-18/h1-4,6,8H,5,7,9-10,16H2. The summed E-state index contributed by atoms with van der Waals surface area (Å²) < 4.78 is 7.91. The van der Waals surface area contributed by atoms with Crippen LogP contribution in [-0.2, 0) is 13.1 Å². The van der Waals surface area contributed by atoms with Gasteiger partial charge in [-0.15, -0.1) is 11.3 Å². The number of imidazole rings is 1. The number of nitrogens with zero attached hydrogens (tertiary/aromatic N) is 3. The fourth-order valence-corrected chi connectivity index (χ4v) is 3.50. The van der Waals surface area contributed by atoms with E-state index in [1.807, 2.05) is 29.8 Å². The summed E-state index contributed by atoms with van der Waals surface area (Å²) in [6.07, 6.45) is 2.03. The van der Waals surface area contributed by atoms with Gasteiger partial charge in [-0.05, 0) is 6.07 Å². The van der Waals surface area contributed by atoms with Crippen LogP contribution in [0.3, 0.4) is 0 Å². The monoisotopic (exact) mass is 300 g/mol. The summed E-state index contributed by atoms with van der Waals surface area (Å²) in [6.45, 7) is 2.75. The van der Waals surface area contributed by atoms with E-state index in [9.17, 15) is 0 Å². The molecule has 0 bridgehead atoms. The fraction of sp³-hybridized carbons (Fsp3) is 0.267. The molecular weight excluding hydrogens is 284 g/mol. The Kier molecular flexibility index (Phi) is 3.05. The third-order valence-electron chi connectivity index (χ3n) is 3.79. The molecule has 5 nitrogen and oxygen atoms in total. The minimum absolute atomic E-state index is 0.478. The normalized spacial score (nSPS) is 14.8. The van der Waals surface area contributed by atoms with Crippen molar-refractivity contribution < 1.29 is 4.74 Å². The lowest BCUT2D eigenvalue weighted by Gasteiger charge is -2.20. The summed E-state index contributed by atoms with van der Waals surface area (Å²) in [5, 5.41) is 2.03. The molecule has 0 saturated heterocycles. The number of anilines is 1. The van der Waals surface area contributed by atoms with E-state index >= 15 is 0 Å². The maximum Gasteiger partial charge on any atom is 0.195 e. The second-order valence-electron chi connectivity index (χ2n) is 5.02. The Labute approximate surface area is 126 Å². The highest BCUT2D eigenvalue weighted by atomic mass is 32.1. The largest absolute Gasteiger partial charge is 0.491 e. The average Bonchev–Trinajstić information content (AvgIpc) is 3.01. The second-order valence-corrected chi connectivity index (χ2v) is 5.89. The number of aromatic nitrogens is 2. The SMILES string of the molecule is NCc1c(N2CCOc3ccccc3C2)nc2sccn12. The number of fused-ring (bicyclic) bond motifs is 2. The van der Waals surface area contributed by atoms with Crippen molar-refractivity contribution >= 4 is 22.1 Å². The number of rotatable bonds is 2. The van der Waals surface area contributed by atoms with Crippen molar-refractivity contribution in [1.82, 2.24) is 9.38 Å². The van der Waals surface area contributed by atoms with Crippen molar-refractivity contribution in [2.75, 3.05) is 18.1 Å². The highest BCUT2D eigenvalue weighted by Crippen LogP contribution is 2.29. The molecule has 0 radical (unpaired) electrons. The number of thiazole rings is 1. The molecule has 1 aliphatic heterocycles. The Hall–Kier alpha value is -2.05. The van der Waals surface area contributed by atoms with Gasteiger partial charge < -0.3 is 15.4 Å². The molecule has 0 spiro atoms. The van der Waals surface area contributed by atoms with Crippen molar-refractivity contribution in [3.63, 3.8) is 0 Å². The summed E-state index contributed by atoms with van der Waals surface area (Å²) in [7, 11) is 0. The van der Waals surface area contributed by atoms with E-state index in [-0.39, 0.29) is 0 Å². The molecule has 2 N–H and O–H groups in total. The molecule has 0 saturated carbocycles. The summed E-state index contributed by atoms with van der Waals surface area (Å²) >= 11 is 1.63. The summed E-state index contributed by atoms with van der Waals surface area (Å²) in [6, 6.07) is 8.18. The van der Waals surface area contributed by atoms with Crippen molar-refractivity contribution in [3.8, 4) is 5.75 Å². The molecule has 2 aromatic heterocycles. The Balaban J connectivity index is 1.76. The minimum atomic E-state index is 0.478. The van der Waals surface area contributed by atoms with E-state index in [0.29, 0.717) is 13.2 Å². The minimum Gasteiger partial charge on any atom is -0.491 e. The van der Waals surface area contributed by atoms with Crippen LogP contribution in [0.2, 0.25) is 0 Å².